The molecular weight excluding hydrogens is 208 g/mol. The summed E-state index contributed by atoms with van der Waals surface area (Å²) in [6, 6.07) is 0.481. The lowest BCUT2D eigenvalue weighted by Gasteiger charge is -2.39. The second-order valence-corrected chi connectivity index (χ2v) is 5.09. The zero-order valence-corrected chi connectivity index (χ0v) is 12.5. The Labute approximate surface area is 108 Å². The van der Waals surface area contributed by atoms with Gasteiger partial charge < -0.3 is 10.6 Å². The van der Waals surface area contributed by atoms with Crippen LogP contribution in [-0.4, -0.2) is 12.6 Å². The van der Waals surface area contributed by atoms with E-state index in [0.717, 1.165) is 18.8 Å². The topological polar surface area (TPSA) is 24.1 Å². The Balaban J connectivity index is 4.40. The van der Waals surface area contributed by atoms with Gasteiger partial charge in [0.15, 0.2) is 0 Å². The van der Waals surface area contributed by atoms with Crippen LogP contribution < -0.4 is 10.6 Å². The molecule has 0 aromatic carbocycles. The van der Waals surface area contributed by atoms with Crippen molar-refractivity contribution in [2.75, 3.05) is 6.54 Å². The molecule has 2 heteroatoms. The maximum atomic E-state index is 4.05. The molecule has 0 aliphatic rings. The van der Waals surface area contributed by atoms with Gasteiger partial charge in [-0.15, -0.1) is 0 Å². The Kier molecular flexibility index (Phi) is 8.11. The third-order valence-corrected chi connectivity index (χ3v) is 4.05. The van der Waals surface area contributed by atoms with Gasteiger partial charge in [0, 0.05) is 12.6 Å². The van der Waals surface area contributed by atoms with Crippen molar-refractivity contribution < 1.29 is 0 Å². The molecule has 0 aromatic heterocycles. The molecule has 0 fully saturated rings. The molecule has 102 valence electrons. The highest BCUT2D eigenvalue weighted by molar-refractivity contribution is 4.96. The highest BCUT2D eigenvalue weighted by Gasteiger charge is 2.31. The summed E-state index contributed by atoms with van der Waals surface area (Å²) >= 11 is 0. The molecule has 0 saturated carbocycles. The van der Waals surface area contributed by atoms with Crippen LogP contribution in [0.4, 0.5) is 0 Å². The summed E-state index contributed by atoms with van der Waals surface area (Å²) in [5, 5.41) is 6.86. The molecule has 0 aromatic rings. The standard InChI is InChI=1S/C15H32N2/c1-7-11-15(9-3,10-4)13(5)17-14(6)16-12-8-2/h13,16-17H,6-12H2,1-5H3. The lowest BCUT2D eigenvalue weighted by Crippen LogP contribution is -2.44. The fraction of sp³-hybridized carbons (Fsp3) is 0.867. The molecule has 2 N–H and O–H groups in total. The SMILES string of the molecule is C=C(NCCC)NC(C)C(CC)(CC)CCC. The van der Waals surface area contributed by atoms with E-state index < -0.39 is 0 Å². The van der Waals surface area contributed by atoms with Gasteiger partial charge in [-0.3, -0.25) is 0 Å². The van der Waals surface area contributed by atoms with Crippen molar-refractivity contribution in [2.24, 2.45) is 5.41 Å². The van der Waals surface area contributed by atoms with Crippen LogP contribution in [0.5, 0.6) is 0 Å². The van der Waals surface area contributed by atoms with Crippen LogP contribution in [0.1, 0.15) is 66.7 Å². The average molecular weight is 240 g/mol. The third kappa shape index (κ3) is 5.01. The molecular formula is C15H32N2. The average Bonchev–Trinajstić information content (AvgIpc) is 2.33. The first-order valence-electron chi connectivity index (χ1n) is 7.25. The van der Waals surface area contributed by atoms with E-state index in [2.05, 4.69) is 51.8 Å². The van der Waals surface area contributed by atoms with Crippen molar-refractivity contribution in [3.63, 3.8) is 0 Å². The third-order valence-electron chi connectivity index (χ3n) is 4.05. The highest BCUT2D eigenvalue weighted by atomic mass is 15.1. The summed E-state index contributed by atoms with van der Waals surface area (Å²) in [4.78, 5) is 0. The summed E-state index contributed by atoms with van der Waals surface area (Å²) in [5.41, 5.74) is 0.408. The van der Waals surface area contributed by atoms with Crippen LogP contribution in [0.3, 0.4) is 0 Å². The Hall–Kier alpha value is -0.660. The van der Waals surface area contributed by atoms with Crippen LogP contribution in [0.25, 0.3) is 0 Å². The van der Waals surface area contributed by atoms with Gasteiger partial charge in [-0.2, -0.15) is 0 Å². The lowest BCUT2D eigenvalue weighted by atomic mass is 9.73. The summed E-state index contributed by atoms with van der Waals surface area (Å²) in [5.74, 6) is 0.974. The summed E-state index contributed by atoms with van der Waals surface area (Å²) < 4.78 is 0. The summed E-state index contributed by atoms with van der Waals surface area (Å²) in [6.07, 6.45) is 6.13. The van der Waals surface area contributed by atoms with Gasteiger partial charge in [-0.1, -0.05) is 40.7 Å². The molecule has 0 saturated heterocycles. The van der Waals surface area contributed by atoms with Crippen LogP contribution >= 0.6 is 0 Å². The molecule has 0 heterocycles. The van der Waals surface area contributed by atoms with Gasteiger partial charge in [-0.05, 0) is 38.0 Å². The first-order valence-corrected chi connectivity index (χ1v) is 7.25. The van der Waals surface area contributed by atoms with Gasteiger partial charge in [0.05, 0.1) is 5.82 Å². The van der Waals surface area contributed by atoms with Crippen LogP contribution in [-0.2, 0) is 0 Å². The Morgan fingerprint density at radius 2 is 1.71 bits per heavy atom. The molecule has 1 unspecified atom stereocenters. The molecule has 0 rings (SSSR count). The van der Waals surface area contributed by atoms with Crippen LogP contribution in [0.15, 0.2) is 12.4 Å². The van der Waals surface area contributed by atoms with E-state index in [9.17, 15) is 0 Å². The van der Waals surface area contributed by atoms with Crippen molar-refractivity contribution in [2.45, 2.75) is 72.8 Å². The molecule has 0 bridgehead atoms. The van der Waals surface area contributed by atoms with Crippen molar-refractivity contribution >= 4 is 0 Å². The number of hydrogen-bond donors (Lipinski definition) is 2. The fourth-order valence-corrected chi connectivity index (χ4v) is 2.67. The molecule has 2 nitrogen and oxygen atoms in total. The maximum Gasteiger partial charge on any atom is 0.0914 e. The first-order chi connectivity index (χ1) is 8.06. The van der Waals surface area contributed by atoms with E-state index in [0.29, 0.717) is 11.5 Å². The minimum atomic E-state index is 0.408. The van der Waals surface area contributed by atoms with E-state index in [4.69, 9.17) is 0 Å². The number of hydrogen-bond acceptors (Lipinski definition) is 2. The van der Waals surface area contributed by atoms with E-state index in [-0.39, 0.29) is 0 Å². The smallest absolute Gasteiger partial charge is 0.0914 e. The van der Waals surface area contributed by atoms with E-state index in [1.165, 1.54) is 25.7 Å². The van der Waals surface area contributed by atoms with Gasteiger partial charge >= 0.3 is 0 Å². The molecule has 0 aliphatic carbocycles. The molecule has 17 heavy (non-hydrogen) atoms. The maximum absolute atomic E-state index is 4.05. The zero-order chi connectivity index (χ0) is 13.3. The fourth-order valence-electron chi connectivity index (χ4n) is 2.67. The molecule has 0 amide bonds. The zero-order valence-electron chi connectivity index (χ0n) is 12.5. The number of nitrogens with one attached hydrogen (secondary N) is 2. The second kappa shape index (κ2) is 8.43. The minimum Gasteiger partial charge on any atom is -0.372 e. The lowest BCUT2D eigenvalue weighted by molar-refractivity contribution is 0.171. The predicted molar refractivity (Wildman–Crippen MR) is 78.0 cm³/mol. The Morgan fingerprint density at radius 1 is 1.12 bits per heavy atom. The molecule has 0 radical (unpaired) electrons. The van der Waals surface area contributed by atoms with Crippen LogP contribution in [0, 0.1) is 5.41 Å². The molecule has 0 aliphatic heterocycles. The monoisotopic (exact) mass is 240 g/mol. The minimum absolute atomic E-state index is 0.408. The first kappa shape index (κ1) is 16.3. The van der Waals surface area contributed by atoms with E-state index >= 15 is 0 Å². The number of rotatable bonds is 10. The predicted octanol–water partition coefficient (Wildman–Crippen LogP) is 4.04. The van der Waals surface area contributed by atoms with Gasteiger partial charge in [0.1, 0.15) is 0 Å². The van der Waals surface area contributed by atoms with Gasteiger partial charge in [0.25, 0.3) is 0 Å². The Morgan fingerprint density at radius 3 is 2.12 bits per heavy atom. The van der Waals surface area contributed by atoms with Crippen molar-refractivity contribution in [1.82, 2.24) is 10.6 Å². The van der Waals surface area contributed by atoms with Crippen molar-refractivity contribution in [3.05, 3.63) is 12.4 Å². The summed E-state index contributed by atoms with van der Waals surface area (Å²) in [7, 11) is 0. The second-order valence-electron chi connectivity index (χ2n) is 5.09. The Bertz CT molecular complexity index is 207. The van der Waals surface area contributed by atoms with Crippen LogP contribution in [0.2, 0.25) is 0 Å². The van der Waals surface area contributed by atoms with E-state index in [1.54, 1.807) is 0 Å². The van der Waals surface area contributed by atoms with Gasteiger partial charge in [-0.25, -0.2) is 0 Å². The normalized spacial score (nSPS) is 13.2. The van der Waals surface area contributed by atoms with Crippen molar-refractivity contribution in [3.8, 4) is 0 Å². The molecule has 0 spiro atoms. The quantitative estimate of drug-likeness (QED) is 0.602. The largest absolute Gasteiger partial charge is 0.372 e. The van der Waals surface area contributed by atoms with E-state index in [1.807, 2.05) is 0 Å². The molecule has 1 atom stereocenters. The summed E-state index contributed by atoms with van der Waals surface area (Å²) in [6.45, 7) is 16.4. The highest BCUT2D eigenvalue weighted by Crippen LogP contribution is 2.35. The van der Waals surface area contributed by atoms with Gasteiger partial charge in [0.2, 0.25) is 0 Å². The van der Waals surface area contributed by atoms with Crippen molar-refractivity contribution in [1.29, 1.82) is 0 Å².